The van der Waals surface area contributed by atoms with Gasteiger partial charge in [0.1, 0.15) is 0 Å². The van der Waals surface area contributed by atoms with Gasteiger partial charge in [0.2, 0.25) is 0 Å². The first-order valence-electron chi connectivity index (χ1n) is 0. The van der Waals surface area contributed by atoms with E-state index in [1.54, 1.807) is 0 Å². The van der Waals surface area contributed by atoms with Gasteiger partial charge in [-0.05, 0) is 0 Å². The molecule has 0 aliphatic carbocycles. The summed E-state index contributed by atoms with van der Waals surface area (Å²) in [6, 6.07) is 0. The van der Waals surface area contributed by atoms with E-state index < -0.39 is 0 Å². The van der Waals surface area contributed by atoms with Gasteiger partial charge >= 0.3 is 20.1 Å². The Bertz CT molecular complexity index is 3.25. The summed E-state index contributed by atoms with van der Waals surface area (Å²) in [5.74, 6) is 0. The molecule has 0 bridgehead atoms. The Morgan fingerprint density at radius 3 is 0.500 bits per heavy atom. The largest absolute Gasteiger partial charge is 3.00 e. The predicted molar refractivity (Wildman–Crippen MR) is 0 cm³/mol. The second kappa shape index (κ2) is 17.0. The summed E-state index contributed by atoms with van der Waals surface area (Å²) in [6.45, 7) is 0. The Morgan fingerprint density at radius 1 is 0.500 bits per heavy atom. The molecule has 0 aromatic rings. The van der Waals surface area contributed by atoms with Crippen molar-refractivity contribution in [3.8, 4) is 0 Å². The van der Waals surface area contributed by atoms with Gasteiger partial charge in [0.25, 0.3) is 0 Å². The van der Waals surface area contributed by atoms with Crippen molar-refractivity contribution in [1.82, 2.24) is 0 Å². The average Bonchev–Trinajstić information content (AvgIpc) is 0. The van der Waals surface area contributed by atoms with Crippen LogP contribution in [0.5, 0.6) is 0 Å². The summed E-state index contributed by atoms with van der Waals surface area (Å²) >= 11 is 0. The van der Waals surface area contributed by atoms with Crippen LogP contribution in [0.2, 0.25) is 0 Å². The molecule has 0 N–H and O–H groups in total. The second-order valence-corrected chi connectivity index (χ2v) is 0. The summed E-state index contributed by atoms with van der Waals surface area (Å²) in [5, 5.41) is 0. The third-order valence-electron chi connectivity index (χ3n) is 0. The summed E-state index contributed by atoms with van der Waals surface area (Å²) in [4.78, 5) is 0. The van der Waals surface area contributed by atoms with E-state index in [2.05, 4.69) is 0 Å². The number of hydrogen-bond donors (Lipinski definition) is 0. The van der Waals surface area contributed by atoms with Gasteiger partial charge in [-0.15, -0.1) is 0 Å². The van der Waals surface area contributed by atoms with Gasteiger partial charge in [0.15, 0.2) is 0 Å². The molecule has 0 heterocycles. The van der Waals surface area contributed by atoms with Crippen molar-refractivity contribution in [2.45, 2.75) is 0 Å². The number of hydrogen-bond acceptors (Lipinski definition) is 0. The van der Waals surface area contributed by atoms with Crippen molar-refractivity contribution < 1.29 is 92.0 Å². The van der Waals surface area contributed by atoms with Crippen LogP contribution in [0.15, 0.2) is 0 Å². The van der Waals surface area contributed by atoms with E-state index >= 15 is 0 Å². The normalized spacial score (nSPS) is 0. The molecule has 0 saturated heterocycles. The monoisotopic (exact) mass is 574 g/mol. The van der Waals surface area contributed by atoms with E-state index in [9.17, 15) is 0 Å². The number of rotatable bonds is 0. The molecule has 0 aliphatic rings. The predicted octanol–water partition coefficient (Wildman–Crippen LogP) is -8.99. The molecule has 0 nitrogen and oxygen atoms in total. The molecule has 4 heteroatoms. The van der Waals surface area contributed by atoms with E-state index in [4.69, 9.17) is 0 Å². The van der Waals surface area contributed by atoms with Crippen molar-refractivity contribution in [1.29, 1.82) is 0 Å². The van der Waals surface area contributed by atoms with Gasteiger partial charge in [0.05, 0.1) is 0 Å². The fourth-order valence-electron chi connectivity index (χ4n) is 0. The van der Waals surface area contributed by atoms with Crippen LogP contribution in [0.4, 0.5) is 0 Å². The Kier molecular flexibility index (Phi) is 123. The summed E-state index contributed by atoms with van der Waals surface area (Å²) < 4.78 is 0. The molecule has 0 aliphatic heterocycles. The van der Waals surface area contributed by atoms with E-state index in [-0.39, 0.29) is 92.0 Å². The topological polar surface area (TPSA) is 0 Å². The zero-order valence-corrected chi connectivity index (χ0v) is 10.3. The molecule has 0 radical (unpaired) electrons. The van der Waals surface area contributed by atoms with Crippen molar-refractivity contribution in [2.75, 3.05) is 0 Å². The van der Waals surface area contributed by atoms with Crippen LogP contribution in [0.3, 0.4) is 0 Å². The average molecular weight is 573 g/mol. The first-order chi connectivity index (χ1) is 0. The fraction of sp³-hybridized carbons (Fsp3) is 0. The minimum absolute atomic E-state index is 0. The van der Waals surface area contributed by atoms with Gasteiger partial charge in [-0.2, -0.15) is 0 Å². The summed E-state index contributed by atoms with van der Waals surface area (Å²) in [5.41, 5.74) is 0. The van der Waals surface area contributed by atoms with Gasteiger partial charge in [-0.3, -0.25) is 0 Å². The molecule has 4 heavy (non-hydrogen) atoms. The van der Waals surface area contributed by atoms with Gasteiger partial charge in [0, 0.05) is 0 Å². The maximum Gasteiger partial charge on any atom is 3.00 e. The van der Waals surface area contributed by atoms with Crippen LogP contribution >= 0.6 is 0 Å². The van der Waals surface area contributed by atoms with Crippen molar-refractivity contribution in [2.24, 2.45) is 0 Å². The van der Waals surface area contributed by atoms with E-state index in [1.807, 2.05) is 0 Å². The van der Waals surface area contributed by atoms with Crippen molar-refractivity contribution in [3.63, 3.8) is 0 Å². The minimum Gasteiger partial charge on any atom is -1.00 e. The molecule has 0 atom stereocenters. The summed E-state index contributed by atoms with van der Waals surface area (Å²) in [7, 11) is 0. The third kappa shape index (κ3) is 8.85. The fourth-order valence-corrected chi connectivity index (χ4v) is 0. The van der Waals surface area contributed by atoms with Gasteiger partial charge in [-0.25, -0.2) is 0 Å². The molecular weight excluding hydrogens is 573 g/mol. The Morgan fingerprint density at radius 2 is 0.500 bits per heavy atom. The van der Waals surface area contributed by atoms with Crippen molar-refractivity contribution >= 4 is 0 Å². The van der Waals surface area contributed by atoms with Crippen LogP contribution in [-0.4, -0.2) is 0 Å². The zero-order valence-electron chi connectivity index (χ0n) is 1.47. The Balaban J connectivity index is 0. The van der Waals surface area contributed by atoms with E-state index in [0.29, 0.717) is 0 Å². The molecule has 0 aromatic heterocycles. The Hall–Kier alpha value is 2.84. The maximum atomic E-state index is 0. The first kappa shape index (κ1) is 28.9. The molecular formula is I3Ir. The van der Waals surface area contributed by atoms with Crippen LogP contribution < -0.4 is 71.9 Å². The van der Waals surface area contributed by atoms with Crippen LogP contribution in [0.1, 0.15) is 0 Å². The van der Waals surface area contributed by atoms with Crippen LogP contribution in [-0.2, 0) is 20.1 Å². The maximum absolute atomic E-state index is 0. The SMILES string of the molecule is [I-].[I-].[I-].[Ir+3]. The Labute approximate surface area is 90.3 Å². The molecule has 0 unspecified atom stereocenters. The van der Waals surface area contributed by atoms with Crippen molar-refractivity contribution in [3.05, 3.63) is 0 Å². The molecule has 0 amide bonds. The van der Waals surface area contributed by atoms with Gasteiger partial charge in [-0.1, -0.05) is 0 Å². The molecule has 30 valence electrons. The minimum atomic E-state index is 0. The molecule has 0 saturated carbocycles. The van der Waals surface area contributed by atoms with Crippen LogP contribution in [0, 0.1) is 0 Å². The standard InChI is InChI=1S/3HI.Ir/h3*1H;/q;;;+3/p-3. The van der Waals surface area contributed by atoms with Gasteiger partial charge < -0.3 is 71.9 Å². The smallest absolute Gasteiger partial charge is 1.00 e. The summed E-state index contributed by atoms with van der Waals surface area (Å²) in [6.07, 6.45) is 0. The van der Waals surface area contributed by atoms with Crippen LogP contribution in [0.25, 0.3) is 0 Å². The first-order valence-corrected chi connectivity index (χ1v) is 0. The third-order valence-corrected chi connectivity index (χ3v) is 0. The van der Waals surface area contributed by atoms with E-state index in [0.717, 1.165) is 0 Å². The molecule has 0 fully saturated rings. The molecule has 0 rings (SSSR count). The zero-order chi connectivity index (χ0) is 0. The number of halogens is 3. The quantitative estimate of drug-likeness (QED) is 0.253. The van der Waals surface area contributed by atoms with E-state index in [1.165, 1.54) is 0 Å². The molecule has 0 spiro atoms. The second-order valence-electron chi connectivity index (χ2n) is 0. The molecule has 0 aromatic carbocycles.